The summed E-state index contributed by atoms with van der Waals surface area (Å²) in [5, 5.41) is 3.24. The summed E-state index contributed by atoms with van der Waals surface area (Å²) < 4.78 is 35.6. The van der Waals surface area contributed by atoms with Crippen LogP contribution in [0.25, 0.3) is 0 Å². The number of nitrogens with two attached hydrogens (primary N) is 1. The third-order valence-corrected chi connectivity index (χ3v) is 6.88. The van der Waals surface area contributed by atoms with Crippen LogP contribution in [0.4, 0.5) is 14.6 Å². The van der Waals surface area contributed by atoms with Gasteiger partial charge in [0.05, 0.1) is 27.1 Å². The van der Waals surface area contributed by atoms with Gasteiger partial charge in [0.15, 0.2) is 22.6 Å². The molecule has 0 spiro atoms. The molecule has 2 unspecified atom stereocenters. The molecule has 0 amide bonds. The van der Waals surface area contributed by atoms with Gasteiger partial charge in [-0.05, 0) is 47.9 Å². The summed E-state index contributed by atoms with van der Waals surface area (Å²) in [4.78, 5) is 29.7. The molecule has 8 nitrogen and oxygen atoms in total. The maximum atomic E-state index is 13.9. The highest BCUT2D eigenvalue weighted by Crippen LogP contribution is 2.28. The minimum atomic E-state index is -0.538. The first kappa shape index (κ1) is 38.7. The van der Waals surface area contributed by atoms with Crippen molar-refractivity contribution in [1.29, 1.82) is 0 Å². The quantitative estimate of drug-likeness (QED) is 0.249. The lowest BCUT2D eigenvalue weighted by atomic mass is 9.84. The Morgan fingerprint density at radius 2 is 1.27 bits per heavy atom. The van der Waals surface area contributed by atoms with E-state index in [2.05, 4.69) is 24.8 Å². The molecule has 0 aliphatic heterocycles. The van der Waals surface area contributed by atoms with Crippen LogP contribution in [0.3, 0.4) is 0 Å². The molecule has 3 N–H and O–H groups in total. The van der Waals surface area contributed by atoms with Crippen LogP contribution in [0.1, 0.15) is 65.5 Å². The lowest BCUT2D eigenvalue weighted by Gasteiger charge is -2.31. The maximum Gasteiger partial charge on any atom is 0.307 e. The number of anilines is 1. The topological polar surface area (TPSA) is 116 Å². The number of halogens is 5. The summed E-state index contributed by atoms with van der Waals surface area (Å²) in [5.41, 5.74) is 6.57. The van der Waals surface area contributed by atoms with E-state index in [1.54, 1.807) is 13.8 Å². The first-order valence-corrected chi connectivity index (χ1v) is 13.7. The number of aryl methyl sites for hydroxylation is 2. The van der Waals surface area contributed by atoms with Crippen LogP contribution in [-0.2, 0) is 19.1 Å². The molecule has 0 fully saturated rings. The summed E-state index contributed by atoms with van der Waals surface area (Å²) in [6.45, 7) is 15.2. The molecule has 0 radical (unpaired) electrons. The van der Waals surface area contributed by atoms with Gasteiger partial charge in [-0.3, -0.25) is 9.59 Å². The molecule has 0 aliphatic carbocycles. The fraction of sp³-hybridized carbons (Fsp3) is 0.571. The van der Waals surface area contributed by atoms with Crippen molar-refractivity contribution in [2.75, 3.05) is 19.5 Å². The van der Waals surface area contributed by atoms with Crippen molar-refractivity contribution >= 4 is 52.6 Å². The molecule has 0 saturated heterocycles. The molecule has 232 valence electrons. The number of carbonyl (C=O) groups is 2. The number of hydrogen-bond acceptors (Lipinski definition) is 8. The molecule has 0 aliphatic rings. The second-order valence-electron chi connectivity index (χ2n) is 11.4. The number of ether oxygens (including phenoxy) is 2. The van der Waals surface area contributed by atoms with E-state index in [9.17, 15) is 18.4 Å². The van der Waals surface area contributed by atoms with Crippen molar-refractivity contribution in [3.05, 3.63) is 50.4 Å². The van der Waals surface area contributed by atoms with Gasteiger partial charge in [0.2, 0.25) is 0 Å². The number of carbonyl (C=O) groups excluding carboxylic acids is 2. The van der Waals surface area contributed by atoms with E-state index in [4.69, 9.17) is 40.5 Å². The molecule has 2 heterocycles. The summed E-state index contributed by atoms with van der Waals surface area (Å²) in [6.07, 6.45) is 0.409. The zero-order valence-corrected chi connectivity index (χ0v) is 27.5. The van der Waals surface area contributed by atoms with Crippen LogP contribution in [0.5, 0.6) is 0 Å². The molecule has 2 aromatic heterocycles. The Labute approximate surface area is 256 Å². The second kappa shape index (κ2) is 17.0. The Morgan fingerprint density at radius 1 is 0.829 bits per heavy atom. The van der Waals surface area contributed by atoms with Crippen molar-refractivity contribution in [2.24, 2.45) is 16.6 Å². The van der Waals surface area contributed by atoms with Crippen LogP contribution in [-0.4, -0.2) is 48.2 Å². The van der Waals surface area contributed by atoms with Gasteiger partial charge in [-0.15, -0.1) is 0 Å². The third-order valence-electron chi connectivity index (χ3n) is 5.85. The fourth-order valence-electron chi connectivity index (χ4n) is 2.75. The number of esters is 2. The number of hydrogen-bond donors (Lipinski definition) is 2. The molecule has 41 heavy (non-hydrogen) atoms. The predicted octanol–water partition coefficient (Wildman–Crippen LogP) is 7.33. The zero-order chi connectivity index (χ0) is 32.3. The highest BCUT2D eigenvalue weighted by atomic mass is 35.5. The van der Waals surface area contributed by atoms with Crippen LogP contribution in [0, 0.1) is 36.3 Å². The lowest BCUT2D eigenvalue weighted by Crippen LogP contribution is -2.37. The van der Waals surface area contributed by atoms with Crippen molar-refractivity contribution in [3.63, 3.8) is 0 Å². The smallest absolute Gasteiger partial charge is 0.307 e. The number of nitrogens with zero attached hydrogens (tertiary/aromatic N) is 2. The van der Waals surface area contributed by atoms with Gasteiger partial charge in [0, 0.05) is 12.1 Å². The second-order valence-corrected chi connectivity index (χ2v) is 12.5. The van der Waals surface area contributed by atoms with E-state index in [0.29, 0.717) is 17.5 Å². The van der Waals surface area contributed by atoms with Gasteiger partial charge >= 0.3 is 11.9 Å². The summed E-state index contributed by atoms with van der Waals surface area (Å²) in [6, 6.07) is 2.11. The standard InChI is InChI=1S/C14H20ClFN2O2.C8H17NO2.C6H4Cl2FN/c1-8-6-9(16)13(18-12(8)15)17-10(14(2,3)4)7-11(19)20-5;1-8(2,3)6(9)5-7(10)11-4;1-3-2-4(9)6(8)10-5(3)7/h6,10H,7H2,1-5H3,(H,17,18);6H,5,9H2,1-4H3;2H,1H3. The minimum absolute atomic E-state index is 0.0335. The first-order valence-electron chi connectivity index (χ1n) is 12.6. The van der Waals surface area contributed by atoms with Crippen molar-refractivity contribution in [1.82, 2.24) is 9.97 Å². The monoisotopic (exact) mass is 640 g/mol. The Bertz CT molecular complexity index is 1120. The molecule has 2 aromatic rings. The predicted molar refractivity (Wildman–Crippen MR) is 160 cm³/mol. The van der Waals surface area contributed by atoms with Crippen LogP contribution >= 0.6 is 34.8 Å². The van der Waals surface area contributed by atoms with Gasteiger partial charge in [-0.2, -0.15) is 0 Å². The summed E-state index contributed by atoms with van der Waals surface area (Å²) in [7, 11) is 2.70. The molecular formula is C28H41Cl3F2N4O4. The highest BCUT2D eigenvalue weighted by molar-refractivity contribution is 6.32. The average molecular weight is 642 g/mol. The molecule has 2 rings (SSSR count). The van der Waals surface area contributed by atoms with Crippen molar-refractivity contribution < 1.29 is 27.8 Å². The van der Waals surface area contributed by atoms with Gasteiger partial charge in [-0.25, -0.2) is 18.7 Å². The maximum absolute atomic E-state index is 13.9. The third kappa shape index (κ3) is 14.5. The Balaban J connectivity index is 0.000000643. The Kier molecular flexibility index (Phi) is 16.1. The van der Waals surface area contributed by atoms with E-state index in [1.807, 2.05) is 41.5 Å². The van der Waals surface area contributed by atoms with Gasteiger partial charge in [0.25, 0.3) is 0 Å². The lowest BCUT2D eigenvalue weighted by molar-refractivity contribution is -0.142. The number of aromatic nitrogens is 2. The number of methoxy groups -OCH3 is 2. The highest BCUT2D eigenvalue weighted by Gasteiger charge is 2.29. The molecule has 0 aromatic carbocycles. The van der Waals surface area contributed by atoms with Crippen molar-refractivity contribution in [3.8, 4) is 0 Å². The first-order chi connectivity index (χ1) is 18.6. The average Bonchev–Trinajstić information content (AvgIpc) is 2.85. The zero-order valence-electron chi connectivity index (χ0n) is 25.2. The normalized spacial score (nSPS) is 12.6. The molecule has 0 bridgehead atoms. The Hall–Kier alpha value is -2.27. The van der Waals surface area contributed by atoms with Gasteiger partial charge in [-0.1, -0.05) is 76.3 Å². The van der Waals surface area contributed by atoms with E-state index in [0.717, 1.165) is 0 Å². The van der Waals surface area contributed by atoms with Crippen molar-refractivity contribution in [2.45, 2.75) is 80.3 Å². The Morgan fingerprint density at radius 3 is 1.68 bits per heavy atom. The molecule has 2 atom stereocenters. The summed E-state index contributed by atoms with van der Waals surface area (Å²) >= 11 is 16.7. The van der Waals surface area contributed by atoms with Gasteiger partial charge < -0.3 is 20.5 Å². The van der Waals surface area contributed by atoms with E-state index in [-0.39, 0.29) is 62.6 Å². The van der Waals surface area contributed by atoms with E-state index < -0.39 is 11.6 Å². The van der Waals surface area contributed by atoms with E-state index in [1.165, 1.54) is 26.4 Å². The van der Waals surface area contributed by atoms with Crippen LogP contribution in [0.2, 0.25) is 15.5 Å². The SMILES string of the molecule is COC(=O)CC(N)C(C)(C)C.COC(=O)CC(Nc1nc(Cl)c(C)cc1F)C(C)(C)C.Cc1cc(F)c(Cl)nc1Cl. The molecule has 13 heteroatoms. The van der Waals surface area contributed by atoms with E-state index >= 15 is 0 Å². The summed E-state index contributed by atoms with van der Waals surface area (Å²) in [5.74, 6) is -1.59. The molecule has 0 saturated carbocycles. The minimum Gasteiger partial charge on any atom is -0.469 e. The van der Waals surface area contributed by atoms with Gasteiger partial charge in [0.1, 0.15) is 10.3 Å². The fourth-order valence-corrected chi connectivity index (χ4v) is 3.21. The van der Waals surface area contributed by atoms with Crippen LogP contribution < -0.4 is 11.1 Å². The number of nitrogens with one attached hydrogen (secondary N) is 1. The number of rotatable bonds is 6. The molecular weight excluding hydrogens is 601 g/mol. The van der Waals surface area contributed by atoms with Crippen LogP contribution in [0.15, 0.2) is 12.1 Å². The number of pyridine rings is 2. The largest absolute Gasteiger partial charge is 0.469 e.